The number of anilines is 15. The fraction of sp³-hybridized carbons (Fsp3) is 0.151. The summed E-state index contributed by atoms with van der Waals surface area (Å²) in [7, 11) is 0. The predicted molar refractivity (Wildman–Crippen MR) is 490 cm³/mol. The number of hydrogen-bond acceptors (Lipinski definition) is 6. The minimum atomic E-state index is -0.288. The summed E-state index contributed by atoms with van der Waals surface area (Å²) in [6.45, 7) is 27.7. The minimum Gasteiger partial charge on any atom is -0.453 e. The Hall–Kier alpha value is -12.7. The van der Waals surface area contributed by atoms with Crippen LogP contribution in [-0.2, 0) is 21.7 Å². The van der Waals surface area contributed by atoms with Gasteiger partial charge < -0.3 is 29.2 Å². The summed E-state index contributed by atoms with van der Waals surface area (Å²) < 4.78 is 7.90. The molecule has 9 heteroatoms. The standard InChI is InChI=1S/C106H88B3N5O/c1-103(2,3)73-44-54-87-81(56-73)107-83-62-84-92(63-91(83)112(79-50-40-71(41-51-79)67-30-21-15-22-31-67)90-35-25-34-89(97(90)107)110(87)77-46-36-69(37-47-77)65-26-17-13-18-27-65)113(80-52-42-72(43-53-80)68-32-23-16-24-33-68)94-64-93-98-102-99(94)109(84)86-59-76(106(10,11)12)61-96-101(86)114(102)100-85(58-75(105(7,8)9)60-95(100)115-96)108(98)82-57-74(104(4,5)6)45-55-88(82)111(93)78-48-38-70(39-49-78)66-28-19-14-20-29-66/h13-64H,1-12H3. The van der Waals surface area contributed by atoms with E-state index in [1.54, 1.807) is 0 Å². The maximum Gasteiger partial charge on any atom is 0.252 e. The number of fused-ring (bicyclic) bond motifs is 10. The molecule has 15 aromatic rings. The summed E-state index contributed by atoms with van der Waals surface area (Å²) in [5, 5.41) is 0. The average molecular weight is 1480 g/mol. The quantitative estimate of drug-likeness (QED) is 0.141. The second-order valence-electron chi connectivity index (χ2n) is 36.9. The SMILES string of the molecule is CC(C)(C)c1ccc2c(c1)B1c3cc4c(cc3N(c3ccc(-c5ccccc5)cc3)c3cccc(c31)N2c1ccc(-c2ccccc2)cc1)N(c1ccc(-c2ccccc2)cc1)c1cc2c3c5c1B4c1cc(C(C)(C)C)cc4c1N5c1c(cc(C(C)(C)C)cc1B3c1cc(C(C)(C)C)ccc1N2c1ccc(-c2ccccc2)cc1)O4. The van der Waals surface area contributed by atoms with Gasteiger partial charge in [-0.1, -0.05) is 301 Å². The van der Waals surface area contributed by atoms with E-state index in [0.29, 0.717) is 0 Å². The largest absolute Gasteiger partial charge is 0.453 e. The Kier molecular flexibility index (Phi) is 14.9. The van der Waals surface area contributed by atoms with Crippen LogP contribution in [0.5, 0.6) is 11.5 Å². The molecule has 22 rings (SSSR count). The summed E-state index contributed by atoms with van der Waals surface area (Å²) in [5.41, 5.74) is 42.4. The second kappa shape index (κ2) is 24.9. The Bertz CT molecular complexity index is 6540. The lowest BCUT2D eigenvalue weighted by Gasteiger charge is -2.53. The molecule has 0 saturated heterocycles. The van der Waals surface area contributed by atoms with Gasteiger partial charge >= 0.3 is 0 Å². The molecule has 0 atom stereocenters. The van der Waals surface area contributed by atoms with Gasteiger partial charge in [0.1, 0.15) is 0 Å². The predicted octanol–water partition coefficient (Wildman–Crippen LogP) is 22.4. The van der Waals surface area contributed by atoms with E-state index in [1.165, 1.54) is 144 Å². The van der Waals surface area contributed by atoms with Gasteiger partial charge in [-0.15, -0.1) is 0 Å². The first-order valence-electron chi connectivity index (χ1n) is 41.1. The summed E-state index contributed by atoms with van der Waals surface area (Å²) in [6.07, 6.45) is 0. The Morgan fingerprint density at radius 3 is 0.835 bits per heavy atom. The Morgan fingerprint density at radius 2 is 0.487 bits per heavy atom. The van der Waals surface area contributed by atoms with Crippen LogP contribution >= 0.6 is 0 Å². The van der Waals surface area contributed by atoms with Gasteiger partial charge in [-0.05, 0) is 235 Å². The molecular weight excluding hydrogens is 1390 g/mol. The number of benzene rings is 15. The van der Waals surface area contributed by atoms with Crippen LogP contribution in [-0.4, -0.2) is 20.1 Å². The van der Waals surface area contributed by atoms with E-state index in [2.05, 4.69) is 423 Å². The molecule has 0 aliphatic carbocycles. The number of ether oxygens (including phenoxy) is 1. The molecule has 15 aromatic carbocycles. The summed E-state index contributed by atoms with van der Waals surface area (Å²) in [5.74, 6) is 1.80. The van der Waals surface area contributed by atoms with Gasteiger partial charge in [-0.25, -0.2) is 0 Å². The zero-order valence-corrected chi connectivity index (χ0v) is 67.4. The first-order chi connectivity index (χ1) is 55.6. The van der Waals surface area contributed by atoms with Crippen molar-refractivity contribution < 1.29 is 4.74 Å². The van der Waals surface area contributed by atoms with Gasteiger partial charge in [0.25, 0.3) is 20.1 Å². The number of hydrogen-bond donors (Lipinski definition) is 0. The highest BCUT2D eigenvalue weighted by Crippen LogP contribution is 2.59. The minimum absolute atomic E-state index is 0.150. The van der Waals surface area contributed by atoms with Crippen molar-refractivity contribution in [1.29, 1.82) is 0 Å². The normalized spacial score (nSPS) is 14.2. The highest BCUT2D eigenvalue weighted by molar-refractivity contribution is 7.06. The fourth-order valence-electron chi connectivity index (χ4n) is 19.9. The van der Waals surface area contributed by atoms with Gasteiger partial charge in [0.15, 0.2) is 11.5 Å². The van der Waals surface area contributed by atoms with Crippen molar-refractivity contribution in [2.45, 2.75) is 105 Å². The van der Waals surface area contributed by atoms with Crippen LogP contribution in [0.3, 0.4) is 0 Å². The summed E-state index contributed by atoms with van der Waals surface area (Å²) >= 11 is 0. The Balaban J connectivity index is 0.875. The fourth-order valence-corrected chi connectivity index (χ4v) is 19.9. The first kappa shape index (κ1) is 69.0. The highest BCUT2D eigenvalue weighted by atomic mass is 16.5. The zero-order chi connectivity index (χ0) is 78.0. The van der Waals surface area contributed by atoms with Gasteiger partial charge in [-0.3, -0.25) is 0 Å². The summed E-state index contributed by atoms with van der Waals surface area (Å²) in [4.78, 5) is 13.2. The van der Waals surface area contributed by atoms with Gasteiger partial charge in [-0.2, -0.15) is 0 Å². The van der Waals surface area contributed by atoms with Crippen molar-refractivity contribution in [3.63, 3.8) is 0 Å². The maximum absolute atomic E-state index is 7.90. The van der Waals surface area contributed by atoms with E-state index in [1.807, 2.05) is 0 Å². The molecule has 7 heterocycles. The molecule has 6 nitrogen and oxygen atoms in total. The molecule has 7 aliphatic heterocycles. The lowest BCUT2D eigenvalue weighted by atomic mass is 9.27. The van der Waals surface area contributed by atoms with Gasteiger partial charge in [0, 0.05) is 73.9 Å². The molecule has 7 aliphatic rings. The molecule has 0 aromatic heterocycles. The van der Waals surface area contributed by atoms with Crippen LogP contribution in [0.2, 0.25) is 0 Å². The van der Waals surface area contributed by atoms with Crippen LogP contribution in [0, 0.1) is 0 Å². The molecule has 552 valence electrons. The third kappa shape index (κ3) is 10.6. The molecule has 0 radical (unpaired) electrons. The molecule has 0 amide bonds. The van der Waals surface area contributed by atoms with Crippen LogP contribution < -0.4 is 78.4 Å². The van der Waals surface area contributed by atoms with Crippen molar-refractivity contribution in [3.05, 3.63) is 338 Å². The molecule has 0 unspecified atom stereocenters. The van der Waals surface area contributed by atoms with E-state index >= 15 is 0 Å². The van der Waals surface area contributed by atoms with E-state index in [4.69, 9.17) is 4.74 Å². The lowest BCUT2D eigenvalue weighted by molar-refractivity contribution is 0.470. The van der Waals surface area contributed by atoms with Crippen LogP contribution in [0.1, 0.15) is 105 Å². The van der Waals surface area contributed by atoms with Gasteiger partial charge in [0.2, 0.25) is 0 Å². The zero-order valence-electron chi connectivity index (χ0n) is 67.4. The number of nitrogens with zero attached hydrogens (tertiary/aromatic N) is 5. The highest BCUT2D eigenvalue weighted by Gasteiger charge is 2.56. The Labute approximate surface area is 677 Å². The smallest absolute Gasteiger partial charge is 0.252 e. The third-order valence-electron chi connectivity index (χ3n) is 25.8. The molecule has 0 spiro atoms. The number of rotatable bonds is 8. The summed E-state index contributed by atoms with van der Waals surface area (Å²) in [6, 6.07) is 121. The topological polar surface area (TPSA) is 25.4 Å². The van der Waals surface area contributed by atoms with Crippen molar-refractivity contribution in [1.82, 2.24) is 0 Å². The van der Waals surface area contributed by atoms with E-state index in [0.717, 1.165) is 68.4 Å². The van der Waals surface area contributed by atoms with E-state index in [-0.39, 0.29) is 41.8 Å². The van der Waals surface area contributed by atoms with E-state index < -0.39 is 0 Å². The molecule has 0 N–H and O–H groups in total. The van der Waals surface area contributed by atoms with Crippen LogP contribution in [0.15, 0.2) is 315 Å². The molecule has 0 fully saturated rings. The average Bonchev–Trinajstić information content (AvgIpc) is 0.654. The van der Waals surface area contributed by atoms with Crippen LogP contribution in [0.4, 0.5) is 85.3 Å². The maximum atomic E-state index is 7.90. The molecule has 0 bridgehead atoms. The van der Waals surface area contributed by atoms with Crippen molar-refractivity contribution >= 4 is 155 Å². The molecule has 115 heavy (non-hydrogen) atoms. The van der Waals surface area contributed by atoms with Gasteiger partial charge in [0.05, 0.1) is 11.4 Å². The van der Waals surface area contributed by atoms with Crippen molar-refractivity contribution in [2.75, 3.05) is 24.5 Å². The van der Waals surface area contributed by atoms with Crippen molar-refractivity contribution in [3.8, 4) is 56.0 Å². The molecular formula is C106H88B3N5O. The monoisotopic (exact) mass is 1480 g/mol. The Morgan fingerprint density at radius 1 is 0.200 bits per heavy atom. The molecule has 0 saturated carbocycles. The van der Waals surface area contributed by atoms with E-state index in [9.17, 15) is 0 Å². The second-order valence-corrected chi connectivity index (χ2v) is 36.9. The first-order valence-corrected chi connectivity index (χ1v) is 41.1. The van der Waals surface area contributed by atoms with Crippen LogP contribution in [0.25, 0.3) is 44.5 Å². The third-order valence-corrected chi connectivity index (χ3v) is 25.8. The lowest BCUT2D eigenvalue weighted by Crippen LogP contribution is -2.70. The van der Waals surface area contributed by atoms with Crippen molar-refractivity contribution in [2.24, 2.45) is 0 Å².